The van der Waals surface area contributed by atoms with E-state index in [1.807, 2.05) is 18.0 Å². The van der Waals surface area contributed by atoms with Crippen LogP contribution in [-0.4, -0.2) is 27.1 Å². The molecule has 0 radical (unpaired) electrons. The van der Waals surface area contributed by atoms with Gasteiger partial charge in [-0.3, -0.25) is 0 Å². The van der Waals surface area contributed by atoms with E-state index in [1.165, 1.54) is 17.9 Å². The second kappa shape index (κ2) is 4.28. The fourth-order valence-electron chi connectivity index (χ4n) is 1.21. The van der Waals surface area contributed by atoms with Crippen LogP contribution in [0.5, 0.6) is 0 Å². The van der Waals surface area contributed by atoms with Gasteiger partial charge >= 0.3 is 0 Å². The third-order valence-corrected chi connectivity index (χ3v) is 3.33. The molecule has 3 nitrogen and oxygen atoms in total. The first-order chi connectivity index (χ1) is 6.34. The molecule has 1 aliphatic heterocycles. The summed E-state index contributed by atoms with van der Waals surface area (Å²) in [6.45, 7) is 0. The van der Waals surface area contributed by atoms with Crippen molar-refractivity contribution in [3.63, 3.8) is 0 Å². The lowest BCUT2D eigenvalue weighted by Gasteiger charge is -2.10. The van der Waals surface area contributed by atoms with Gasteiger partial charge in [-0.05, 0) is 34.5 Å². The van der Waals surface area contributed by atoms with Crippen molar-refractivity contribution in [3.8, 4) is 0 Å². The number of hydrogen-bond acceptors (Lipinski definition) is 3. The highest BCUT2D eigenvalue weighted by molar-refractivity contribution is 9.10. The Bertz CT molecular complexity index is 313. The van der Waals surface area contributed by atoms with E-state index >= 15 is 0 Å². The van der Waals surface area contributed by atoms with Crippen molar-refractivity contribution in [1.82, 2.24) is 9.89 Å². The summed E-state index contributed by atoms with van der Waals surface area (Å²) in [5.41, 5.74) is 1.24. The Balaban J connectivity index is 2.09. The molecule has 13 heavy (non-hydrogen) atoms. The minimum atomic E-state index is 0.973. The average molecular weight is 260 g/mol. The summed E-state index contributed by atoms with van der Waals surface area (Å²) in [6.07, 6.45) is 5.97. The van der Waals surface area contributed by atoms with Crippen LogP contribution in [0.4, 0.5) is 0 Å². The number of aromatic nitrogens is 2. The van der Waals surface area contributed by atoms with E-state index in [9.17, 15) is 0 Å². The van der Waals surface area contributed by atoms with Crippen molar-refractivity contribution < 1.29 is 0 Å². The van der Waals surface area contributed by atoms with Crippen LogP contribution in [0.3, 0.4) is 0 Å². The van der Waals surface area contributed by atoms with Crippen LogP contribution < -0.4 is 0 Å². The molecule has 0 spiro atoms. The fraction of sp³-hybridized carbons (Fsp3) is 0.500. The van der Waals surface area contributed by atoms with E-state index in [2.05, 4.69) is 26.1 Å². The predicted molar refractivity (Wildman–Crippen MR) is 59.3 cm³/mol. The zero-order chi connectivity index (χ0) is 9.10. The maximum atomic E-state index is 4.41. The van der Waals surface area contributed by atoms with E-state index in [4.69, 9.17) is 0 Å². The third kappa shape index (κ3) is 2.57. The van der Waals surface area contributed by atoms with Gasteiger partial charge in [0.25, 0.3) is 0 Å². The summed E-state index contributed by atoms with van der Waals surface area (Å²) in [5, 5.41) is 8.49. The van der Waals surface area contributed by atoms with Gasteiger partial charge in [0.15, 0.2) is 0 Å². The molecule has 70 valence electrons. The molecule has 0 aliphatic carbocycles. The van der Waals surface area contributed by atoms with Gasteiger partial charge in [0.05, 0.1) is 22.6 Å². The third-order valence-electron chi connectivity index (χ3n) is 1.80. The molecule has 0 atom stereocenters. The first kappa shape index (κ1) is 9.27. The Labute approximate surface area is 89.7 Å². The van der Waals surface area contributed by atoms with Gasteiger partial charge in [0.1, 0.15) is 0 Å². The van der Waals surface area contributed by atoms with Gasteiger partial charge in [0, 0.05) is 5.75 Å². The van der Waals surface area contributed by atoms with E-state index in [-0.39, 0.29) is 0 Å². The Hall–Kier alpha value is -0.290. The maximum absolute atomic E-state index is 4.41. The first-order valence-electron chi connectivity index (χ1n) is 4.19. The van der Waals surface area contributed by atoms with Crippen LogP contribution in [0, 0.1) is 0 Å². The quantitative estimate of drug-likeness (QED) is 0.776. The Morgan fingerprint density at radius 3 is 3.15 bits per heavy atom. The number of halogens is 1. The second-order valence-corrected chi connectivity index (χ2v) is 4.92. The maximum Gasteiger partial charge on any atom is 0.0654 e. The molecule has 1 fully saturated rings. The van der Waals surface area contributed by atoms with Crippen LogP contribution in [-0.2, 0) is 0 Å². The molecular weight excluding hydrogens is 250 g/mol. The molecule has 0 bridgehead atoms. The summed E-state index contributed by atoms with van der Waals surface area (Å²) in [7, 11) is 0. The second-order valence-electron chi connectivity index (χ2n) is 2.90. The van der Waals surface area contributed by atoms with Crippen LogP contribution in [0.15, 0.2) is 22.0 Å². The molecule has 0 amide bonds. The minimum Gasteiger partial charge on any atom is -0.159 e. The molecule has 5 heteroatoms. The number of hydrogen-bond donors (Lipinski definition) is 0. The summed E-state index contributed by atoms with van der Waals surface area (Å²) in [6, 6.07) is 0. The average Bonchev–Trinajstić information content (AvgIpc) is 2.53. The Morgan fingerprint density at radius 2 is 2.54 bits per heavy atom. The van der Waals surface area contributed by atoms with Gasteiger partial charge in [-0.25, -0.2) is 0 Å². The minimum absolute atomic E-state index is 0.973. The highest BCUT2D eigenvalue weighted by Crippen LogP contribution is 2.15. The van der Waals surface area contributed by atoms with Crippen molar-refractivity contribution >= 4 is 33.4 Å². The van der Waals surface area contributed by atoms with Crippen molar-refractivity contribution in [3.05, 3.63) is 16.9 Å². The lowest BCUT2D eigenvalue weighted by molar-refractivity contribution is 0.732. The van der Waals surface area contributed by atoms with Gasteiger partial charge < -0.3 is 0 Å². The normalized spacial score (nSPS) is 20.8. The summed E-state index contributed by atoms with van der Waals surface area (Å²) >= 11 is 5.28. The predicted octanol–water partition coefficient (Wildman–Crippen LogP) is 2.38. The number of rotatable bonds is 1. The molecule has 0 saturated carbocycles. The SMILES string of the molecule is Brc1cnn(/N=C2/CCCSC2)c1. The molecule has 1 aromatic heterocycles. The largest absolute Gasteiger partial charge is 0.159 e. The fourth-order valence-corrected chi connectivity index (χ4v) is 2.42. The van der Waals surface area contributed by atoms with Gasteiger partial charge in [-0.15, -0.1) is 0 Å². The van der Waals surface area contributed by atoms with Crippen LogP contribution >= 0.6 is 27.7 Å². The zero-order valence-electron chi connectivity index (χ0n) is 7.11. The Morgan fingerprint density at radius 1 is 1.62 bits per heavy atom. The summed E-state index contributed by atoms with van der Waals surface area (Å²) in [4.78, 5) is 1.63. The first-order valence-corrected chi connectivity index (χ1v) is 6.14. The highest BCUT2D eigenvalue weighted by Gasteiger charge is 2.07. The van der Waals surface area contributed by atoms with Crippen molar-refractivity contribution in [2.24, 2.45) is 5.10 Å². The standard InChI is InChI=1S/C8H10BrN3S/c9-7-4-10-12(5-7)11-8-2-1-3-13-6-8/h4-5H,1-3,6H2/b11-8-. The lowest BCUT2D eigenvalue weighted by atomic mass is 10.2. The van der Waals surface area contributed by atoms with E-state index in [0.717, 1.165) is 16.6 Å². The summed E-state index contributed by atoms with van der Waals surface area (Å²) in [5.74, 6) is 2.32. The lowest BCUT2D eigenvalue weighted by Crippen LogP contribution is -2.11. The molecule has 2 rings (SSSR count). The van der Waals surface area contributed by atoms with Gasteiger partial charge in [-0.1, -0.05) is 0 Å². The molecule has 1 aliphatic rings. The van der Waals surface area contributed by atoms with Gasteiger partial charge in [0.2, 0.25) is 0 Å². The number of nitrogens with zero attached hydrogens (tertiary/aromatic N) is 3. The van der Waals surface area contributed by atoms with Crippen molar-refractivity contribution in [2.45, 2.75) is 12.8 Å². The summed E-state index contributed by atoms with van der Waals surface area (Å²) < 4.78 is 0.973. The van der Waals surface area contributed by atoms with E-state index in [1.54, 1.807) is 11.0 Å². The molecular formula is C8H10BrN3S. The van der Waals surface area contributed by atoms with Crippen LogP contribution in [0.2, 0.25) is 0 Å². The molecule has 1 saturated heterocycles. The van der Waals surface area contributed by atoms with Crippen LogP contribution in [0.1, 0.15) is 12.8 Å². The Kier molecular flexibility index (Phi) is 3.05. The molecule has 1 aromatic rings. The van der Waals surface area contributed by atoms with Gasteiger partial charge in [-0.2, -0.15) is 26.8 Å². The topological polar surface area (TPSA) is 30.2 Å². The molecule has 2 heterocycles. The number of thioether (sulfide) groups is 1. The van der Waals surface area contributed by atoms with Crippen LogP contribution in [0.25, 0.3) is 0 Å². The van der Waals surface area contributed by atoms with E-state index in [0.29, 0.717) is 0 Å². The smallest absolute Gasteiger partial charge is 0.0654 e. The van der Waals surface area contributed by atoms with Crippen molar-refractivity contribution in [1.29, 1.82) is 0 Å². The zero-order valence-corrected chi connectivity index (χ0v) is 9.51. The molecule has 0 aromatic carbocycles. The molecule has 0 N–H and O–H groups in total. The highest BCUT2D eigenvalue weighted by atomic mass is 79.9. The molecule has 0 unspecified atom stereocenters. The van der Waals surface area contributed by atoms with E-state index < -0.39 is 0 Å². The van der Waals surface area contributed by atoms with Crippen molar-refractivity contribution in [2.75, 3.05) is 11.5 Å². The monoisotopic (exact) mass is 259 g/mol.